The second-order valence-electron chi connectivity index (χ2n) is 17.1. The van der Waals surface area contributed by atoms with Gasteiger partial charge in [0.05, 0.1) is 0 Å². The zero-order valence-electron chi connectivity index (χ0n) is 39.7. The Hall–Kier alpha value is -2.63. The summed E-state index contributed by atoms with van der Waals surface area (Å²) in [6, 6.07) is 0. The van der Waals surface area contributed by atoms with E-state index in [2.05, 4.69) is 69.4 Å². The van der Waals surface area contributed by atoms with Crippen LogP contribution in [0.1, 0.15) is 258 Å². The van der Waals surface area contributed by atoms with Crippen molar-refractivity contribution in [3.05, 3.63) is 48.6 Å². The van der Waals surface area contributed by atoms with E-state index < -0.39 is 6.10 Å². The molecule has 0 saturated carbocycles. The standard InChI is InChI=1S/C54H96O6/c1-4-7-10-13-16-19-22-24-26-28-30-32-35-38-41-44-47-53(56)59-50-51(49-58-52(55)46-43-40-37-34-21-18-15-12-9-6-3)60-54(57)48-45-42-39-36-33-31-29-27-25-23-20-17-14-11-8-5-2/h7,10,16,19,24,26,30,32,51H,4-6,8-9,11-15,17-18,20-23,25,27-29,31,33-50H2,1-3H3/b10-7-,19-16-,26-24-,32-30-. The summed E-state index contributed by atoms with van der Waals surface area (Å²) in [7, 11) is 0. The molecule has 0 aliphatic heterocycles. The molecule has 1 atom stereocenters. The lowest BCUT2D eigenvalue weighted by molar-refractivity contribution is -0.167. The van der Waals surface area contributed by atoms with E-state index in [1.54, 1.807) is 0 Å². The number of allylic oxidation sites excluding steroid dienone is 8. The lowest BCUT2D eigenvalue weighted by Gasteiger charge is -2.18. The van der Waals surface area contributed by atoms with Crippen LogP contribution in [0.2, 0.25) is 0 Å². The number of carbonyl (C=O) groups is 3. The summed E-state index contributed by atoms with van der Waals surface area (Å²) < 4.78 is 16.8. The number of hydrogen-bond acceptors (Lipinski definition) is 6. The minimum Gasteiger partial charge on any atom is -0.462 e. The van der Waals surface area contributed by atoms with Crippen LogP contribution in [0.4, 0.5) is 0 Å². The Labute approximate surface area is 371 Å². The summed E-state index contributed by atoms with van der Waals surface area (Å²) in [6.45, 7) is 6.50. The van der Waals surface area contributed by atoms with Crippen LogP contribution >= 0.6 is 0 Å². The summed E-state index contributed by atoms with van der Waals surface area (Å²) >= 11 is 0. The molecule has 0 fully saturated rings. The number of unbranched alkanes of at least 4 members (excludes halogenated alkanes) is 27. The first-order valence-corrected chi connectivity index (χ1v) is 25.6. The zero-order valence-corrected chi connectivity index (χ0v) is 39.7. The lowest BCUT2D eigenvalue weighted by Crippen LogP contribution is -2.30. The van der Waals surface area contributed by atoms with Crippen LogP contribution in [-0.2, 0) is 28.6 Å². The van der Waals surface area contributed by atoms with Gasteiger partial charge in [-0.25, -0.2) is 0 Å². The van der Waals surface area contributed by atoms with E-state index in [4.69, 9.17) is 14.2 Å². The Morgan fingerprint density at radius 2 is 0.650 bits per heavy atom. The second kappa shape index (κ2) is 49.0. The Kier molecular flexibility index (Phi) is 46.9. The molecule has 0 aliphatic carbocycles. The van der Waals surface area contributed by atoms with Crippen molar-refractivity contribution in [3.8, 4) is 0 Å². The van der Waals surface area contributed by atoms with Crippen molar-refractivity contribution in [1.82, 2.24) is 0 Å². The number of esters is 3. The highest BCUT2D eigenvalue weighted by Gasteiger charge is 2.19. The number of rotatable bonds is 46. The first-order chi connectivity index (χ1) is 29.5. The minimum absolute atomic E-state index is 0.0799. The van der Waals surface area contributed by atoms with Crippen LogP contribution in [-0.4, -0.2) is 37.2 Å². The van der Waals surface area contributed by atoms with Crippen molar-refractivity contribution in [2.75, 3.05) is 13.2 Å². The quantitative estimate of drug-likeness (QED) is 0.0263. The smallest absolute Gasteiger partial charge is 0.306 e. The topological polar surface area (TPSA) is 78.9 Å². The van der Waals surface area contributed by atoms with Crippen LogP contribution in [0.25, 0.3) is 0 Å². The van der Waals surface area contributed by atoms with E-state index >= 15 is 0 Å². The third-order valence-electron chi connectivity index (χ3n) is 11.1. The Balaban J connectivity index is 4.38. The molecule has 6 nitrogen and oxygen atoms in total. The van der Waals surface area contributed by atoms with Gasteiger partial charge in [0.1, 0.15) is 13.2 Å². The third kappa shape index (κ3) is 46.4. The van der Waals surface area contributed by atoms with Gasteiger partial charge in [0.25, 0.3) is 0 Å². The van der Waals surface area contributed by atoms with Gasteiger partial charge in [-0.2, -0.15) is 0 Å². The maximum atomic E-state index is 12.8. The minimum atomic E-state index is -0.780. The second-order valence-corrected chi connectivity index (χ2v) is 17.1. The summed E-state index contributed by atoms with van der Waals surface area (Å²) in [5.74, 6) is -0.905. The molecule has 0 amide bonds. The van der Waals surface area contributed by atoms with E-state index in [0.717, 1.165) is 89.9 Å². The van der Waals surface area contributed by atoms with E-state index in [0.29, 0.717) is 19.3 Å². The number of carbonyl (C=O) groups excluding carboxylic acids is 3. The van der Waals surface area contributed by atoms with Gasteiger partial charge in [-0.1, -0.05) is 230 Å². The fourth-order valence-corrected chi connectivity index (χ4v) is 7.26. The van der Waals surface area contributed by atoms with Crippen LogP contribution in [0.15, 0.2) is 48.6 Å². The molecule has 0 rings (SSSR count). The molecule has 1 unspecified atom stereocenters. The Morgan fingerprint density at radius 1 is 0.350 bits per heavy atom. The molecule has 6 heteroatoms. The fourth-order valence-electron chi connectivity index (χ4n) is 7.26. The normalized spacial score (nSPS) is 12.4. The monoisotopic (exact) mass is 841 g/mol. The average Bonchev–Trinajstić information content (AvgIpc) is 3.24. The molecule has 0 aromatic rings. The zero-order chi connectivity index (χ0) is 43.7. The SMILES string of the molecule is CC/C=C\C/C=C\C/C=C\C/C=C\CCCCCC(=O)OCC(COC(=O)CCCCCCCCCCCC)OC(=O)CCCCCCCCCCCCCCCCCC. The first kappa shape index (κ1) is 57.4. The molecule has 0 saturated heterocycles. The fraction of sp³-hybridized carbons (Fsp3) is 0.796. The van der Waals surface area contributed by atoms with Gasteiger partial charge < -0.3 is 14.2 Å². The van der Waals surface area contributed by atoms with Crippen molar-refractivity contribution < 1.29 is 28.6 Å². The van der Waals surface area contributed by atoms with E-state index in [1.807, 2.05) is 0 Å². The third-order valence-corrected chi connectivity index (χ3v) is 11.1. The summed E-state index contributed by atoms with van der Waals surface area (Å²) in [4.78, 5) is 37.9. The summed E-state index contributed by atoms with van der Waals surface area (Å²) in [5.41, 5.74) is 0. The predicted molar refractivity (Wildman–Crippen MR) is 256 cm³/mol. The van der Waals surface area contributed by atoms with Crippen molar-refractivity contribution in [2.45, 2.75) is 264 Å². The lowest BCUT2D eigenvalue weighted by atomic mass is 10.0. The molecule has 60 heavy (non-hydrogen) atoms. The molecule has 0 aromatic heterocycles. The van der Waals surface area contributed by atoms with E-state index in [9.17, 15) is 14.4 Å². The van der Waals surface area contributed by atoms with Gasteiger partial charge in [-0.15, -0.1) is 0 Å². The molecule has 0 bridgehead atoms. The van der Waals surface area contributed by atoms with E-state index in [1.165, 1.54) is 128 Å². The first-order valence-electron chi connectivity index (χ1n) is 25.6. The largest absolute Gasteiger partial charge is 0.462 e. The Bertz CT molecular complexity index is 1060. The molecule has 0 radical (unpaired) electrons. The van der Waals surface area contributed by atoms with Crippen LogP contribution < -0.4 is 0 Å². The van der Waals surface area contributed by atoms with Gasteiger partial charge in [-0.05, 0) is 57.8 Å². The van der Waals surface area contributed by atoms with Crippen LogP contribution in [0.3, 0.4) is 0 Å². The molecule has 0 aliphatic rings. The average molecular weight is 841 g/mol. The van der Waals surface area contributed by atoms with Crippen molar-refractivity contribution in [1.29, 1.82) is 0 Å². The van der Waals surface area contributed by atoms with Crippen LogP contribution in [0, 0.1) is 0 Å². The Morgan fingerprint density at radius 3 is 1.02 bits per heavy atom. The highest BCUT2D eigenvalue weighted by atomic mass is 16.6. The molecular weight excluding hydrogens is 745 g/mol. The highest BCUT2D eigenvalue weighted by Crippen LogP contribution is 2.16. The summed E-state index contributed by atoms with van der Waals surface area (Å²) in [5, 5.41) is 0. The van der Waals surface area contributed by atoms with Gasteiger partial charge in [0.15, 0.2) is 6.10 Å². The molecular formula is C54H96O6. The van der Waals surface area contributed by atoms with Crippen LogP contribution in [0.5, 0.6) is 0 Å². The number of ether oxygens (including phenoxy) is 3. The maximum absolute atomic E-state index is 12.8. The van der Waals surface area contributed by atoms with Gasteiger partial charge in [-0.3, -0.25) is 14.4 Å². The molecule has 0 N–H and O–H groups in total. The van der Waals surface area contributed by atoms with E-state index in [-0.39, 0.29) is 31.1 Å². The van der Waals surface area contributed by atoms with Gasteiger partial charge in [0.2, 0.25) is 0 Å². The van der Waals surface area contributed by atoms with Crippen molar-refractivity contribution >= 4 is 17.9 Å². The molecule has 0 spiro atoms. The van der Waals surface area contributed by atoms with Crippen molar-refractivity contribution in [3.63, 3.8) is 0 Å². The molecule has 0 aromatic carbocycles. The molecule has 0 heterocycles. The van der Waals surface area contributed by atoms with Gasteiger partial charge >= 0.3 is 17.9 Å². The predicted octanol–water partition coefficient (Wildman–Crippen LogP) is 16.7. The van der Waals surface area contributed by atoms with Gasteiger partial charge in [0, 0.05) is 19.3 Å². The number of hydrogen-bond donors (Lipinski definition) is 0. The summed E-state index contributed by atoms with van der Waals surface area (Å²) in [6.07, 6.45) is 58.1. The maximum Gasteiger partial charge on any atom is 0.306 e. The molecule has 348 valence electrons. The highest BCUT2D eigenvalue weighted by molar-refractivity contribution is 5.71. The van der Waals surface area contributed by atoms with Crippen molar-refractivity contribution in [2.24, 2.45) is 0 Å².